The average molecular weight is 314 g/mol. The van der Waals surface area contributed by atoms with Gasteiger partial charge >= 0.3 is 11.9 Å². The van der Waals surface area contributed by atoms with E-state index in [1.165, 1.54) is 12.1 Å². The van der Waals surface area contributed by atoms with Crippen molar-refractivity contribution in [3.63, 3.8) is 0 Å². The summed E-state index contributed by atoms with van der Waals surface area (Å²) >= 11 is 5.65. The third-order valence-electron chi connectivity index (χ3n) is 3.19. The largest absolute Gasteiger partial charge is 0.481 e. The van der Waals surface area contributed by atoms with Crippen molar-refractivity contribution in [2.45, 2.75) is 31.1 Å². The van der Waals surface area contributed by atoms with Crippen LogP contribution in [-0.2, 0) is 15.0 Å². The van der Waals surface area contributed by atoms with Gasteiger partial charge in [-0.3, -0.25) is 9.59 Å². The van der Waals surface area contributed by atoms with E-state index in [9.17, 15) is 19.2 Å². The number of hydrogen-bond acceptors (Lipinski definition) is 3. The topological polar surface area (TPSA) is 98.4 Å². The lowest BCUT2D eigenvalue weighted by Gasteiger charge is -2.26. The summed E-state index contributed by atoms with van der Waals surface area (Å²) in [7, 11) is 0. The van der Waals surface area contributed by atoms with Crippen LogP contribution in [0.25, 0.3) is 0 Å². The number of halogens is 2. The second kappa shape index (κ2) is 7.04. The van der Waals surface area contributed by atoms with E-state index in [4.69, 9.17) is 21.8 Å². The first-order chi connectivity index (χ1) is 9.80. The van der Waals surface area contributed by atoms with Crippen molar-refractivity contribution in [1.82, 2.24) is 0 Å². The van der Waals surface area contributed by atoms with E-state index in [2.05, 4.69) is 0 Å². The van der Waals surface area contributed by atoms with Crippen LogP contribution in [0.5, 0.6) is 0 Å². The molecule has 2 N–H and O–H groups in total. The number of hydrogen-bond donors (Lipinski definition) is 2. The van der Waals surface area contributed by atoms with Gasteiger partial charge in [0.1, 0.15) is 5.82 Å². The minimum absolute atomic E-state index is 0.0306. The van der Waals surface area contributed by atoms with E-state index in [1.807, 2.05) is 6.07 Å². The van der Waals surface area contributed by atoms with Crippen LogP contribution in [0.15, 0.2) is 18.2 Å². The molecule has 1 aromatic carbocycles. The molecule has 0 bridgehead atoms. The van der Waals surface area contributed by atoms with Crippen molar-refractivity contribution in [2.75, 3.05) is 0 Å². The Morgan fingerprint density at radius 1 is 1.24 bits per heavy atom. The van der Waals surface area contributed by atoms with Crippen LogP contribution in [0.3, 0.4) is 0 Å². The predicted octanol–water partition coefficient (Wildman–Crippen LogP) is 2.97. The molecule has 1 aromatic rings. The molecule has 0 unspecified atom stereocenters. The fourth-order valence-corrected chi connectivity index (χ4v) is 2.24. The third kappa shape index (κ3) is 4.43. The van der Waals surface area contributed by atoms with Crippen molar-refractivity contribution in [3.05, 3.63) is 34.6 Å². The zero-order chi connectivity index (χ0) is 16.0. The van der Waals surface area contributed by atoms with E-state index < -0.39 is 23.2 Å². The Labute approximate surface area is 125 Å². The lowest BCUT2D eigenvalue weighted by molar-refractivity contribution is -0.137. The van der Waals surface area contributed by atoms with Gasteiger partial charge in [-0.1, -0.05) is 17.7 Å². The molecule has 0 saturated heterocycles. The van der Waals surface area contributed by atoms with Gasteiger partial charge in [0.25, 0.3) is 0 Å². The van der Waals surface area contributed by atoms with Crippen LogP contribution in [0.2, 0.25) is 5.02 Å². The zero-order valence-corrected chi connectivity index (χ0v) is 11.7. The van der Waals surface area contributed by atoms with Crippen LogP contribution >= 0.6 is 11.6 Å². The molecule has 0 heterocycles. The number of nitriles is 1. The highest BCUT2D eigenvalue weighted by Gasteiger charge is 2.35. The van der Waals surface area contributed by atoms with E-state index in [1.54, 1.807) is 0 Å². The molecule has 1 rings (SSSR count). The SMILES string of the molecule is N#CC(CCC(=O)O)(CCC(=O)O)c1ccc(Cl)cc1F. The summed E-state index contributed by atoms with van der Waals surface area (Å²) in [6.45, 7) is 0. The second-order valence-corrected chi connectivity index (χ2v) is 5.04. The van der Waals surface area contributed by atoms with Gasteiger partial charge in [0, 0.05) is 23.4 Å². The Balaban J connectivity index is 3.23. The third-order valence-corrected chi connectivity index (χ3v) is 3.43. The molecular formula is C14H13ClFNO4. The Bertz CT molecular complexity index is 579. The standard InChI is InChI=1S/C14H13ClFNO4/c15-9-1-2-10(11(16)7-9)14(8-17,5-3-12(18)19)6-4-13(20)21/h1-2,7H,3-6H2,(H,18,19)(H,20,21). The Hall–Kier alpha value is -2.13. The van der Waals surface area contributed by atoms with Gasteiger partial charge in [-0.2, -0.15) is 5.26 Å². The Morgan fingerprint density at radius 2 is 1.76 bits per heavy atom. The number of carboxylic acid groups (broad SMARTS) is 2. The van der Waals surface area contributed by atoms with Gasteiger partial charge < -0.3 is 10.2 Å². The van der Waals surface area contributed by atoms with Gasteiger partial charge in [-0.05, 0) is 25.0 Å². The first-order valence-electron chi connectivity index (χ1n) is 6.11. The number of aliphatic carboxylic acids is 2. The quantitative estimate of drug-likeness (QED) is 0.806. The highest BCUT2D eigenvalue weighted by molar-refractivity contribution is 6.30. The summed E-state index contributed by atoms with van der Waals surface area (Å²) in [5, 5.41) is 27.1. The van der Waals surface area contributed by atoms with Crippen LogP contribution < -0.4 is 0 Å². The van der Waals surface area contributed by atoms with Gasteiger partial charge in [0.2, 0.25) is 0 Å². The lowest BCUT2D eigenvalue weighted by Crippen LogP contribution is -2.27. The first kappa shape index (κ1) is 16.9. The minimum Gasteiger partial charge on any atom is -0.481 e. The van der Waals surface area contributed by atoms with Crippen molar-refractivity contribution in [1.29, 1.82) is 5.26 Å². The summed E-state index contributed by atoms with van der Waals surface area (Å²) in [6.07, 6.45) is -1.08. The summed E-state index contributed by atoms with van der Waals surface area (Å²) in [4.78, 5) is 21.5. The lowest BCUT2D eigenvalue weighted by atomic mass is 9.74. The second-order valence-electron chi connectivity index (χ2n) is 4.61. The molecule has 0 spiro atoms. The van der Waals surface area contributed by atoms with E-state index in [0.717, 1.165) is 6.07 Å². The molecule has 0 amide bonds. The molecule has 112 valence electrons. The zero-order valence-electron chi connectivity index (χ0n) is 11.0. The molecule has 0 fully saturated rings. The fourth-order valence-electron chi connectivity index (χ4n) is 2.08. The normalized spacial score (nSPS) is 10.9. The molecule has 0 saturated carbocycles. The van der Waals surface area contributed by atoms with Gasteiger partial charge in [0.05, 0.1) is 11.5 Å². The van der Waals surface area contributed by atoms with Crippen molar-refractivity contribution in [2.24, 2.45) is 0 Å². The van der Waals surface area contributed by atoms with Crippen LogP contribution in [0, 0.1) is 17.1 Å². The van der Waals surface area contributed by atoms with Gasteiger partial charge in [-0.15, -0.1) is 0 Å². The van der Waals surface area contributed by atoms with E-state index in [-0.39, 0.29) is 36.3 Å². The molecule has 5 nitrogen and oxygen atoms in total. The summed E-state index contributed by atoms with van der Waals surface area (Å²) in [6, 6.07) is 5.59. The summed E-state index contributed by atoms with van der Waals surface area (Å²) in [5.41, 5.74) is -1.54. The molecule has 7 heteroatoms. The monoisotopic (exact) mass is 313 g/mol. The molecule has 0 aliphatic rings. The molecular weight excluding hydrogens is 301 g/mol. The van der Waals surface area contributed by atoms with E-state index in [0.29, 0.717) is 0 Å². The number of rotatable bonds is 7. The highest BCUT2D eigenvalue weighted by atomic mass is 35.5. The number of benzene rings is 1. The molecule has 21 heavy (non-hydrogen) atoms. The van der Waals surface area contributed by atoms with Gasteiger partial charge in [0.15, 0.2) is 0 Å². The number of carbonyl (C=O) groups is 2. The maximum atomic E-state index is 14.1. The Kier molecular flexibility index (Phi) is 5.68. The van der Waals surface area contributed by atoms with Crippen LogP contribution in [0.4, 0.5) is 4.39 Å². The van der Waals surface area contributed by atoms with Crippen LogP contribution in [-0.4, -0.2) is 22.2 Å². The maximum absolute atomic E-state index is 14.1. The van der Waals surface area contributed by atoms with Gasteiger partial charge in [-0.25, -0.2) is 4.39 Å². The highest BCUT2D eigenvalue weighted by Crippen LogP contribution is 2.36. The molecule has 0 aliphatic carbocycles. The summed E-state index contributed by atoms with van der Waals surface area (Å²) < 4.78 is 14.1. The van der Waals surface area contributed by atoms with E-state index >= 15 is 0 Å². The minimum atomic E-state index is -1.51. The summed E-state index contributed by atoms with van der Waals surface area (Å²) in [5.74, 6) is -3.03. The van der Waals surface area contributed by atoms with Crippen molar-refractivity contribution in [3.8, 4) is 6.07 Å². The predicted molar refractivity (Wildman–Crippen MR) is 72.4 cm³/mol. The first-order valence-corrected chi connectivity index (χ1v) is 6.49. The maximum Gasteiger partial charge on any atom is 0.303 e. The van der Waals surface area contributed by atoms with Crippen LogP contribution in [0.1, 0.15) is 31.2 Å². The smallest absolute Gasteiger partial charge is 0.303 e. The van der Waals surface area contributed by atoms with Crippen molar-refractivity contribution < 1.29 is 24.2 Å². The molecule has 0 atom stereocenters. The number of carboxylic acids is 2. The molecule has 0 radical (unpaired) electrons. The molecule has 0 aromatic heterocycles. The van der Waals surface area contributed by atoms with Crippen molar-refractivity contribution >= 4 is 23.5 Å². The number of nitrogens with zero attached hydrogens (tertiary/aromatic N) is 1. The fraction of sp³-hybridized carbons (Fsp3) is 0.357. The molecule has 0 aliphatic heterocycles. The Morgan fingerprint density at radius 3 is 2.14 bits per heavy atom. The average Bonchev–Trinajstić information content (AvgIpc) is 2.40.